The normalized spacial score (nSPS) is 12.3. The molecule has 5 heteroatoms. The monoisotopic (exact) mass is 258 g/mol. The minimum Gasteiger partial charge on any atom is -0.341 e. The van der Waals surface area contributed by atoms with E-state index < -0.39 is 0 Å². The highest BCUT2D eigenvalue weighted by Crippen LogP contribution is 2.16. The van der Waals surface area contributed by atoms with Crippen LogP contribution in [-0.2, 0) is 11.3 Å². The average molecular weight is 259 g/mol. The summed E-state index contributed by atoms with van der Waals surface area (Å²) < 4.78 is 13.4. The van der Waals surface area contributed by atoms with E-state index in [2.05, 4.69) is 0 Å². The number of hydrogen-bond acceptors (Lipinski definition) is 2. The highest BCUT2D eigenvalue weighted by molar-refractivity contribution is 6.30. The van der Waals surface area contributed by atoms with Crippen molar-refractivity contribution in [1.29, 1.82) is 0 Å². The van der Waals surface area contributed by atoms with Crippen LogP contribution in [0, 0.1) is 5.82 Å². The zero-order valence-electron chi connectivity index (χ0n) is 9.91. The van der Waals surface area contributed by atoms with E-state index in [0.29, 0.717) is 10.6 Å². The van der Waals surface area contributed by atoms with Gasteiger partial charge in [0.15, 0.2) is 0 Å². The lowest BCUT2D eigenvalue weighted by Gasteiger charge is -2.18. The van der Waals surface area contributed by atoms with Crippen molar-refractivity contribution in [3.63, 3.8) is 0 Å². The van der Waals surface area contributed by atoms with Crippen LogP contribution in [0.3, 0.4) is 0 Å². The molecule has 0 aliphatic rings. The number of hydrogen-bond donors (Lipinski definition) is 1. The standard InChI is InChI=1S/C12H16ClFN2O/c1-8(15)5-12(17)16(2)7-9-6-10(13)3-4-11(9)14/h3-4,6,8H,5,7,15H2,1-2H3/t8-/m1/s1. The molecule has 0 aliphatic heterocycles. The SMILES string of the molecule is C[C@@H](N)CC(=O)N(C)Cc1cc(Cl)ccc1F. The Morgan fingerprint density at radius 1 is 1.59 bits per heavy atom. The molecule has 0 aromatic heterocycles. The Hall–Kier alpha value is -1.13. The highest BCUT2D eigenvalue weighted by atomic mass is 35.5. The summed E-state index contributed by atoms with van der Waals surface area (Å²) in [4.78, 5) is 13.1. The minimum absolute atomic E-state index is 0.112. The van der Waals surface area contributed by atoms with Gasteiger partial charge in [-0.25, -0.2) is 4.39 Å². The van der Waals surface area contributed by atoms with E-state index in [-0.39, 0.29) is 30.7 Å². The van der Waals surface area contributed by atoms with E-state index in [4.69, 9.17) is 17.3 Å². The van der Waals surface area contributed by atoms with Crippen molar-refractivity contribution >= 4 is 17.5 Å². The number of halogens is 2. The third-order valence-electron chi connectivity index (χ3n) is 2.34. The lowest BCUT2D eigenvalue weighted by Crippen LogP contribution is -2.31. The molecular weight excluding hydrogens is 243 g/mol. The van der Waals surface area contributed by atoms with Crippen molar-refractivity contribution in [1.82, 2.24) is 4.90 Å². The molecule has 1 rings (SSSR count). The lowest BCUT2D eigenvalue weighted by atomic mass is 10.2. The smallest absolute Gasteiger partial charge is 0.224 e. The summed E-state index contributed by atoms with van der Waals surface area (Å²) >= 11 is 5.77. The van der Waals surface area contributed by atoms with Gasteiger partial charge in [-0.1, -0.05) is 11.6 Å². The van der Waals surface area contributed by atoms with Crippen LogP contribution in [0.4, 0.5) is 4.39 Å². The molecule has 1 atom stereocenters. The van der Waals surface area contributed by atoms with Crippen LogP contribution in [0.1, 0.15) is 18.9 Å². The first-order chi connectivity index (χ1) is 7.90. The zero-order chi connectivity index (χ0) is 13.0. The molecule has 17 heavy (non-hydrogen) atoms. The van der Waals surface area contributed by atoms with Crippen LogP contribution in [0.2, 0.25) is 5.02 Å². The van der Waals surface area contributed by atoms with E-state index in [1.54, 1.807) is 14.0 Å². The van der Waals surface area contributed by atoms with Gasteiger partial charge >= 0.3 is 0 Å². The molecule has 1 aromatic rings. The van der Waals surface area contributed by atoms with E-state index in [0.717, 1.165) is 0 Å². The van der Waals surface area contributed by atoms with Gasteiger partial charge in [0.05, 0.1) is 0 Å². The number of carbonyl (C=O) groups excluding carboxylic acids is 1. The second kappa shape index (κ2) is 5.98. The number of nitrogens with zero attached hydrogens (tertiary/aromatic N) is 1. The molecule has 0 heterocycles. The summed E-state index contributed by atoms with van der Waals surface area (Å²) in [5.41, 5.74) is 5.94. The van der Waals surface area contributed by atoms with Crippen molar-refractivity contribution < 1.29 is 9.18 Å². The van der Waals surface area contributed by atoms with E-state index in [9.17, 15) is 9.18 Å². The first-order valence-corrected chi connectivity index (χ1v) is 5.71. The summed E-state index contributed by atoms with van der Waals surface area (Å²) in [5.74, 6) is -0.478. The van der Waals surface area contributed by atoms with E-state index >= 15 is 0 Å². The Morgan fingerprint density at radius 3 is 2.82 bits per heavy atom. The Labute approximate surface area is 105 Å². The number of rotatable bonds is 4. The molecule has 0 bridgehead atoms. The lowest BCUT2D eigenvalue weighted by molar-refractivity contribution is -0.130. The van der Waals surface area contributed by atoms with Crippen molar-refractivity contribution in [2.24, 2.45) is 5.73 Å². The van der Waals surface area contributed by atoms with Gasteiger partial charge in [0.2, 0.25) is 5.91 Å². The first-order valence-electron chi connectivity index (χ1n) is 5.33. The molecule has 0 saturated carbocycles. The van der Waals surface area contributed by atoms with Gasteiger partial charge in [-0.15, -0.1) is 0 Å². The predicted molar refractivity (Wildman–Crippen MR) is 66.2 cm³/mol. The van der Waals surface area contributed by atoms with E-state index in [1.807, 2.05) is 0 Å². The molecular formula is C12H16ClFN2O. The summed E-state index contributed by atoms with van der Waals surface area (Å²) in [6.07, 6.45) is 0.249. The molecule has 0 saturated heterocycles. The molecule has 0 fully saturated rings. The quantitative estimate of drug-likeness (QED) is 0.900. The van der Waals surface area contributed by atoms with Gasteiger partial charge in [-0.05, 0) is 25.1 Å². The Balaban J connectivity index is 2.70. The van der Waals surface area contributed by atoms with Gasteiger partial charge in [-0.3, -0.25) is 4.79 Å². The van der Waals surface area contributed by atoms with Crippen LogP contribution in [0.25, 0.3) is 0 Å². The molecule has 1 aromatic carbocycles. The maximum Gasteiger partial charge on any atom is 0.224 e. The molecule has 0 radical (unpaired) electrons. The van der Waals surface area contributed by atoms with Crippen LogP contribution in [-0.4, -0.2) is 23.9 Å². The molecule has 0 unspecified atom stereocenters. The third kappa shape index (κ3) is 4.32. The van der Waals surface area contributed by atoms with Crippen molar-refractivity contribution in [3.8, 4) is 0 Å². The fourth-order valence-corrected chi connectivity index (χ4v) is 1.63. The molecule has 0 aliphatic carbocycles. The van der Waals surface area contributed by atoms with Crippen LogP contribution in [0.5, 0.6) is 0 Å². The summed E-state index contributed by atoms with van der Waals surface area (Å²) in [7, 11) is 1.62. The van der Waals surface area contributed by atoms with Crippen LogP contribution in [0.15, 0.2) is 18.2 Å². The van der Waals surface area contributed by atoms with Gasteiger partial charge in [0.25, 0.3) is 0 Å². The third-order valence-corrected chi connectivity index (χ3v) is 2.57. The zero-order valence-corrected chi connectivity index (χ0v) is 10.7. The van der Waals surface area contributed by atoms with Gasteiger partial charge < -0.3 is 10.6 Å². The fraction of sp³-hybridized carbons (Fsp3) is 0.417. The van der Waals surface area contributed by atoms with Gasteiger partial charge in [0.1, 0.15) is 5.82 Å². The van der Waals surface area contributed by atoms with E-state index in [1.165, 1.54) is 23.1 Å². The predicted octanol–water partition coefficient (Wildman–Crippen LogP) is 2.17. The topological polar surface area (TPSA) is 46.3 Å². The van der Waals surface area contributed by atoms with Crippen LogP contribution >= 0.6 is 11.6 Å². The van der Waals surface area contributed by atoms with Crippen molar-refractivity contribution in [3.05, 3.63) is 34.6 Å². The highest BCUT2D eigenvalue weighted by Gasteiger charge is 2.13. The number of benzene rings is 1. The maximum atomic E-state index is 13.4. The molecule has 2 N–H and O–H groups in total. The van der Waals surface area contributed by atoms with Crippen molar-refractivity contribution in [2.75, 3.05) is 7.05 Å². The average Bonchev–Trinajstić information content (AvgIpc) is 2.22. The van der Waals surface area contributed by atoms with Crippen LogP contribution < -0.4 is 5.73 Å². The first kappa shape index (κ1) is 13.9. The van der Waals surface area contributed by atoms with Gasteiger partial charge in [0, 0.05) is 36.6 Å². The molecule has 94 valence electrons. The molecule has 1 amide bonds. The minimum atomic E-state index is -0.366. The summed E-state index contributed by atoms with van der Waals surface area (Å²) in [6.45, 7) is 1.95. The second-order valence-corrected chi connectivity index (χ2v) is 4.60. The fourth-order valence-electron chi connectivity index (χ4n) is 1.44. The van der Waals surface area contributed by atoms with Gasteiger partial charge in [-0.2, -0.15) is 0 Å². The largest absolute Gasteiger partial charge is 0.341 e. The number of amides is 1. The molecule has 3 nitrogen and oxygen atoms in total. The Kier molecular flexibility index (Phi) is 4.90. The second-order valence-electron chi connectivity index (χ2n) is 4.17. The Bertz CT molecular complexity index is 409. The molecule has 0 spiro atoms. The summed E-state index contributed by atoms with van der Waals surface area (Å²) in [6, 6.07) is 4.09. The van der Waals surface area contributed by atoms with Crippen molar-refractivity contribution in [2.45, 2.75) is 25.9 Å². The maximum absolute atomic E-state index is 13.4. The Morgan fingerprint density at radius 2 is 2.24 bits per heavy atom. The number of nitrogens with two attached hydrogens (primary N) is 1. The number of carbonyl (C=O) groups is 1. The summed E-state index contributed by atoms with van der Waals surface area (Å²) in [5, 5.41) is 0.453.